The Bertz CT molecular complexity index is 547. The van der Waals surface area contributed by atoms with Crippen molar-refractivity contribution < 1.29 is 18.9 Å². The summed E-state index contributed by atoms with van der Waals surface area (Å²) in [5.74, 6) is -1.59. The number of amides is 1. The molecule has 7 heteroatoms. The lowest BCUT2D eigenvalue weighted by molar-refractivity contribution is -0.119. The van der Waals surface area contributed by atoms with Crippen molar-refractivity contribution in [2.45, 2.75) is 31.2 Å². The van der Waals surface area contributed by atoms with Gasteiger partial charge in [-0.05, 0) is 47.5 Å². The van der Waals surface area contributed by atoms with Crippen LogP contribution in [-0.4, -0.2) is 33.0 Å². The number of aromatic carboxylic acids is 1. The summed E-state index contributed by atoms with van der Waals surface area (Å²) in [5, 5.41) is 11.7. The molecule has 20 heavy (non-hydrogen) atoms. The molecule has 0 fully saturated rings. The average Bonchev–Trinajstić information content (AvgIpc) is 2.38. The first kappa shape index (κ1) is 16.8. The van der Waals surface area contributed by atoms with E-state index in [4.69, 9.17) is 5.11 Å². The van der Waals surface area contributed by atoms with Gasteiger partial charge in [0.2, 0.25) is 5.91 Å². The highest BCUT2D eigenvalue weighted by molar-refractivity contribution is 9.10. The number of hydrogen-bond acceptors (Lipinski definition) is 3. The quantitative estimate of drug-likeness (QED) is 0.813. The first-order valence-corrected chi connectivity index (χ1v) is 8.17. The fourth-order valence-corrected chi connectivity index (χ4v) is 2.80. The Balaban J connectivity index is 2.80. The number of carbonyl (C=O) groups is 2. The number of benzene rings is 1. The van der Waals surface area contributed by atoms with E-state index in [-0.39, 0.29) is 23.3 Å². The van der Waals surface area contributed by atoms with E-state index < -0.39 is 16.8 Å². The van der Waals surface area contributed by atoms with Crippen molar-refractivity contribution in [2.24, 2.45) is 0 Å². The third-order valence-corrected chi connectivity index (χ3v) is 4.71. The smallest absolute Gasteiger partial charge is 0.336 e. The van der Waals surface area contributed by atoms with Crippen LogP contribution in [0, 0.1) is 0 Å². The van der Waals surface area contributed by atoms with Crippen molar-refractivity contribution in [3.05, 3.63) is 28.2 Å². The molecule has 5 nitrogen and oxygen atoms in total. The molecule has 0 saturated heterocycles. The van der Waals surface area contributed by atoms with E-state index in [9.17, 15) is 13.8 Å². The van der Waals surface area contributed by atoms with Crippen LogP contribution in [0.3, 0.4) is 0 Å². The number of rotatable bonds is 6. The number of carbonyl (C=O) groups excluding carboxylic acids is 1. The first-order valence-electron chi connectivity index (χ1n) is 6.05. The molecule has 0 bridgehead atoms. The average molecular weight is 362 g/mol. The second-order valence-electron chi connectivity index (χ2n) is 4.31. The van der Waals surface area contributed by atoms with E-state index in [1.54, 1.807) is 6.07 Å². The number of halogens is 1. The molecule has 1 rings (SSSR count). The molecule has 0 radical (unpaired) electrons. The maximum absolute atomic E-state index is 12.1. The summed E-state index contributed by atoms with van der Waals surface area (Å²) in [6, 6.07) is 4.41. The summed E-state index contributed by atoms with van der Waals surface area (Å²) in [5.41, 5.74) is 0.0261. The van der Waals surface area contributed by atoms with Crippen molar-refractivity contribution >= 4 is 38.6 Å². The maximum Gasteiger partial charge on any atom is 0.336 e. The lowest BCUT2D eigenvalue weighted by Gasteiger charge is -2.11. The van der Waals surface area contributed by atoms with Gasteiger partial charge in [-0.3, -0.25) is 9.00 Å². The van der Waals surface area contributed by atoms with Crippen LogP contribution < -0.4 is 5.32 Å². The highest BCUT2D eigenvalue weighted by atomic mass is 79.9. The van der Waals surface area contributed by atoms with Gasteiger partial charge in [-0.1, -0.05) is 6.92 Å². The second-order valence-corrected chi connectivity index (χ2v) is 6.62. The molecule has 0 saturated carbocycles. The number of nitrogens with one attached hydrogen (secondary N) is 1. The van der Waals surface area contributed by atoms with Gasteiger partial charge in [0, 0.05) is 15.4 Å². The van der Waals surface area contributed by atoms with E-state index >= 15 is 0 Å². The Kier molecular flexibility index (Phi) is 6.35. The minimum atomic E-state index is -1.56. The Morgan fingerprint density at radius 2 is 2.10 bits per heavy atom. The van der Waals surface area contributed by atoms with Crippen molar-refractivity contribution in [2.75, 3.05) is 5.75 Å². The van der Waals surface area contributed by atoms with Gasteiger partial charge in [0.25, 0.3) is 0 Å². The molecule has 1 aromatic carbocycles. The summed E-state index contributed by atoms with van der Waals surface area (Å²) >= 11 is 3.11. The third kappa shape index (κ3) is 4.72. The molecule has 0 spiro atoms. The van der Waals surface area contributed by atoms with E-state index in [0.717, 1.165) is 6.42 Å². The molecule has 110 valence electrons. The summed E-state index contributed by atoms with van der Waals surface area (Å²) in [6.07, 6.45) is 0.791. The van der Waals surface area contributed by atoms with E-state index in [0.29, 0.717) is 9.37 Å². The molecular weight excluding hydrogens is 346 g/mol. The standard InChI is InChI=1S/C13H16BrNO4S/c1-3-8(2)15-12(16)7-20(19)9-4-5-11(14)10(6-9)13(17)18/h4-6,8H,3,7H2,1-2H3,(H,15,16)(H,17,18). The molecule has 0 aliphatic carbocycles. The van der Waals surface area contributed by atoms with Gasteiger partial charge in [-0.25, -0.2) is 4.79 Å². The van der Waals surface area contributed by atoms with Crippen LogP contribution in [0.2, 0.25) is 0 Å². The normalized spacial score (nSPS) is 13.6. The fourth-order valence-electron chi connectivity index (χ4n) is 1.43. The van der Waals surface area contributed by atoms with Crippen LogP contribution in [0.1, 0.15) is 30.6 Å². The molecule has 1 amide bonds. The fraction of sp³-hybridized carbons (Fsp3) is 0.385. The van der Waals surface area contributed by atoms with Crippen molar-refractivity contribution in [3.63, 3.8) is 0 Å². The molecule has 2 atom stereocenters. The topological polar surface area (TPSA) is 83.5 Å². The third-order valence-electron chi connectivity index (χ3n) is 2.71. The molecule has 0 aliphatic rings. The van der Waals surface area contributed by atoms with Crippen molar-refractivity contribution in [1.29, 1.82) is 0 Å². The van der Waals surface area contributed by atoms with Crippen molar-refractivity contribution in [3.8, 4) is 0 Å². The van der Waals surface area contributed by atoms with Gasteiger partial charge in [0.15, 0.2) is 0 Å². The summed E-state index contributed by atoms with van der Waals surface area (Å²) in [4.78, 5) is 23.0. The van der Waals surface area contributed by atoms with Crippen LogP contribution >= 0.6 is 15.9 Å². The molecule has 1 aromatic rings. The predicted octanol–water partition coefficient (Wildman–Crippen LogP) is 2.17. The predicted molar refractivity (Wildman–Crippen MR) is 80.3 cm³/mol. The summed E-state index contributed by atoms with van der Waals surface area (Å²) < 4.78 is 12.5. The molecule has 0 heterocycles. The highest BCUT2D eigenvalue weighted by Gasteiger charge is 2.15. The number of carboxylic acid groups (broad SMARTS) is 1. The van der Waals surface area contributed by atoms with Crippen LogP contribution in [0.4, 0.5) is 0 Å². The SMILES string of the molecule is CCC(C)NC(=O)CS(=O)c1ccc(Br)c(C(=O)O)c1. The van der Waals surface area contributed by atoms with Crippen LogP contribution in [0.5, 0.6) is 0 Å². The monoisotopic (exact) mass is 361 g/mol. The Morgan fingerprint density at radius 1 is 1.45 bits per heavy atom. The van der Waals surface area contributed by atoms with Crippen LogP contribution in [-0.2, 0) is 15.6 Å². The van der Waals surface area contributed by atoms with Crippen LogP contribution in [0.25, 0.3) is 0 Å². The zero-order valence-corrected chi connectivity index (χ0v) is 13.6. The number of carboxylic acids is 1. The van der Waals surface area contributed by atoms with Crippen molar-refractivity contribution in [1.82, 2.24) is 5.32 Å². The molecule has 2 N–H and O–H groups in total. The maximum atomic E-state index is 12.1. The molecule has 2 unspecified atom stereocenters. The summed E-state index contributed by atoms with van der Waals surface area (Å²) in [6.45, 7) is 3.80. The molecule has 0 aromatic heterocycles. The molecular formula is C13H16BrNO4S. The first-order chi connectivity index (χ1) is 9.35. The zero-order valence-electron chi connectivity index (χ0n) is 11.2. The second kappa shape index (κ2) is 7.54. The minimum absolute atomic E-state index is 0.0261. The van der Waals surface area contributed by atoms with E-state index in [1.165, 1.54) is 12.1 Å². The van der Waals surface area contributed by atoms with Gasteiger partial charge in [-0.15, -0.1) is 0 Å². The Morgan fingerprint density at radius 3 is 2.65 bits per heavy atom. The van der Waals surface area contributed by atoms with Gasteiger partial charge < -0.3 is 10.4 Å². The number of hydrogen-bond donors (Lipinski definition) is 2. The largest absolute Gasteiger partial charge is 0.478 e. The lowest BCUT2D eigenvalue weighted by Crippen LogP contribution is -2.35. The highest BCUT2D eigenvalue weighted by Crippen LogP contribution is 2.20. The van der Waals surface area contributed by atoms with Crippen LogP contribution in [0.15, 0.2) is 27.6 Å². The van der Waals surface area contributed by atoms with E-state index in [1.807, 2.05) is 13.8 Å². The van der Waals surface area contributed by atoms with Gasteiger partial charge in [0.1, 0.15) is 5.75 Å². The van der Waals surface area contributed by atoms with Gasteiger partial charge >= 0.3 is 5.97 Å². The lowest BCUT2D eigenvalue weighted by atomic mass is 10.2. The molecule has 0 aliphatic heterocycles. The van der Waals surface area contributed by atoms with Gasteiger partial charge in [0.05, 0.1) is 16.4 Å². The summed E-state index contributed by atoms with van der Waals surface area (Å²) in [7, 11) is -1.56. The Labute approximate surface area is 128 Å². The van der Waals surface area contributed by atoms with Gasteiger partial charge in [-0.2, -0.15) is 0 Å². The Hall–Kier alpha value is -1.21. The zero-order chi connectivity index (χ0) is 15.3. The van der Waals surface area contributed by atoms with E-state index in [2.05, 4.69) is 21.2 Å². The minimum Gasteiger partial charge on any atom is -0.478 e.